The number of benzene rings is 1. The summed E-state index contributed by atoms with van der Waals surface area (Å²) in [6.45, 7) is 1.37. The first-order valence-corrected chi connectivity index (χ1v) is 6.79. The third-order valence-corrected chi connectivity index (χ3v) is 3.33. The molecule has 104 valence electrons. The Bertz CT molecular complexity index is 484. The van der Waals surface area contributed by atoms with Gasteiger partial charge >= 0.3 is 6.03 Å². The van der Waals surface area contributed by atoms with Crippen LogP contribution in [0, 0.1) is 0 Å². The molecule has 4 N–H and O–H groups in total. The molecule has 0 spiro atoms. The van der Waals surface area contributed by atoms with Crippen LogP contribution in [0.2, 0.25) is 0 Å². The van der Waals surface area contributed by atoms with Crippen molar-refractivity contribution in [2.24, 2.45) is 5.73 Å². The molecule has 0 saturated heterocycles. The molecule has 6 nitrogen and oxygen atoms in total. The van der Waals surface area contributed by atoms with Crippen molar-refractivity contribution in [3.8, 4) is 5.75 Å². The van der Waals surface area contributed by atoms with E-state index in [1.165, 1.54) is 6.92 Å². The second kappa shape index (κ2) is 6.88. The van der Waals surface area contributed by atoms with Crippen LogP contribution in [0.3, 0.4) is 0 Å². The van der Waals surface area contributed by atoms with E-state index in [2.05, 4.69) is 31.9 Å². The highest BCUT2D eigenvalue weighted by Gasteiger charge is 2.19. The molecule has 1 unspecified atom stereocenters. The van der Waals surface area contributed by atoms with Gasteiger partial charge in [-0.05, 0) is 56.5 Å². The van der Waals surface area contributed by atoms with Crippen molar-refractivity contribution in [3.63, 3.8) is 0 Å². The number of primary amides is 1. The fraction of sp³-hybridized carbons (Fsp3) is 0.273. The number of nitrogens with one attached hydrogen (secondary N) is 1. The number of ether oxygens (including phenoxy) is 1. The van der Waals surface area contributed by atoms with Crippen LogP contribution in [-0.2, 0) is 11.4 Å². The highest BCUT2D eigenvalue weighted by molar-refractivity contribution is 9.11. The van der Waals surface area contributed by atoms with Gasteiger partial charge in [-0.25, -0.2) is 4.79 Å². The summed E-state index contributed by atoms with van der Waals surface area (Å²) in [5.41, 5.74) is 5.53. The molecule has 0 heterocycles. The van der Waals surface area contributed by atoms with Gasteiger partial charge in [0.25, 0.3) is 5.91 Å². The quantitative estimate of drug-likeness (QED) is 0.721. The zero-order chi connectivity index (χ0) is 14.6. The predicted octanol–water partition coefficient (Wildman–Crippen LogP) is 1.67. The number of urea groups is 1. The molecule has 0 aliphatic heterocycles. The van der Waals surface area contributed by atoms with Crippen molar-refractivity contribution in [1.29, 1.82) is 0 Å². The van der Waals surface area contributed by atoms with E-state index in [0.29, 0.717) is 20.3 Å². The van der Waals surface area contributed by atoms with Crippen molar-refractivity contribution in [2.45, 2.75) is 19.6 Å². The maximum atomic E-state index is 11.5. The molecular weight excluding hydrogens is 384 g/mol. The second-order valence-electron chi connectivity index (χ2n) is 3.66. The minimum absolute atomic E-state index is 0.116. The molecule has 0 aromatic heterocycles. The van der Waals surface area contributed by atoms with Gasteiger partial charge < -0.3 is 15.6 Å². The lowest BCUT2D eigenvalue weighted by Crippen LogP contribution is -2.42. The number of imide groups is 1. The molecule has 1 atom stereocenters. The van der Waals surface area contributed by atoms with Crippen LogP contribution in [-0.4, -0.2) is 23.1 Å². The molecule has 3 amide bonds. The molecule has 19 heavy (non-hydrogen) atoms. The zero-order valence-electron chi connectivity index (χ0n) is 9.94. The Morgan fingerprint density at radius 3 is 2.37 bits per heavy atom. The number of rotatable bonds is 4. The minimum atomic E-state index is -0.936. The van der Waals surface area contributed by atoms with Gasteiger partial charge in [0.2, 0.25) is 0 Å². The Labute approximate surface area is 126 Å². The zero-order valence-corrected chi connectivity index (χ0v) is 13.1. The first-order valence-electron chi connectivity index (χ1n) is 5.21. The molecule has 0 fully saturated rings. The molecule has 8 heteroatoms. The van der Waals surface area contributed by atoms with Crippen LogP contribution in [0.4, 0.5) is 4.79 Å². The Balaban J connectivity index is 2.88. The molecule has 1 aromatic carbocycles. The Morgan fingerprint density at radius 1 is 1.42 bits per heavy atom. The van der Waals surface area contributed by atoms with Crippen molar-refractivity contribution in [1.82, 2.24) is 5.32 Å². The van der Waals surface area contributed by atoms with Gasteiger partial charge in [0.15, 0.2) is 6.10 Å². The Morgan fingerprint density at radius 2 is 1.95 bits per heavy atom. The van der Waals surface area contributed by atoms with Crippen molar-refractivity contribution >= 4 is 43.8 Å². The van der Waals surface area contributed by atoms with Gasteiger partial charge in [0.1, 0.15) is 5.75 Å². The first kappa shape index (κ1) is 15.9. The third kappa shape index (κ3) is 4.48. The van der Waals surface area contributed by atoms with Crippen LogP contribution in [0.1, 0.15) is 12.5 Å². The van der Waals surface area contributed by atoms with Crippen LogP contribution in [0.15, 0.2) is 21.1 Å². The van der Waals surface area contributed by atoms with Crippen molar-refractivity contribution in [3.05, 3.63) is 26.6 Å². The van der Waals surface area contributed by atoms with Gasteiger partial charge in [0, 0.05) is 0 Å². The number of aliphatic hydroxyl groups excluding tert-OH is 1. The first-order chi connectivity index (χ1) is 8.85. The van der Waals surface area contributed by atoms with Gasteiger partial charge in [-0.1, -0.05) is 0 Å². The topological polar surface area (TPSA) is 102 Å². The van der Waals surface area contributed by atoms with E-state index in [0.717, 1.165) is 0 Å². The monoisotopic (exact) mass is 394 g/mol. The lowest BCUT2D eigenvalue weighted by Gasteiger charge is -2.16. The van der Waals surface area contributed by atoms with E-state index in [-0.39, 0.29) is 6.61 Å². The van der Waals surface area contributed by atoms with E-state index in [4.69, 9.17) is 15.6 Å². The van der Waals surface area contributed by atoms with E-state index in [9.17, 15) is 9.59 Å². The molecule has 0 aliphatic rings. The number of hydrogen-bond donors (Lipinski definition) is 3. The van der Waals surface area contributed by atoms with E-state index in [1.807, 2.05) is 5.32 Å². The number of aliphatic hydroxyl groups is 1. The van der Waals surface area contributed by atoms with E-state index in [1.54, 1.807) is 12.1 Å². The number of carbonyl (C=O) groups is 2. The smallest absolute Gasteiger partial charge is 0.318 e. The van der Waals surface area contributed by atoms with E-state index >= 15 is 0 Å². The molecule has 0 aliphatic carbocycles. The molecule has 1 rings (SSSR count). The number of carbonyl (C=O) groups excluding carboxylic acids is 2. The van der Waals surface area contributed by atoms with Gasteiger partial charge in [-0.3, -0.25) is 10.1 Å². The summed E-state index contributed by atoms with van der Waals surface area (Å²) in [4.78, 5) is 22.1. The highest BCUT2D eigenvalue weighted by atomic mass is 79.9. The fourth-order valence-corrected chi connectivity index (χ4v) is 2.74. The van der Waals surface area contributed by atoms with Gasteiger partial charge in [0.05, 0.1) is 15.6 Å². The van der Waals surface area contributed by atoms with Crippen molar-refractivity contribution in [2.75, 3.05) is 0 Å². The number of halogens is 2. The number of hydrogen-bond acceptors (Lipinski definition) is 4. The molecule has 0 saturated carbocycles. The molecule has 0 bridgehead atoms. The molecular formula is C11H12Br2N2O4. The average Bonchev–Trinajstić information content (AvgIpc) is 2.32. The standard InChI is InChI=1S/C11H12Br2N2O4/c1-5(10(17)15-11(14)18)19-9-7(12)2-6(4-16)3-8(9)13/h2-3,5,16H,4H2,1H3,(H3,14,15,17,18). The summed E-state index contributed by atoms with van der Waals surface area (Å²) in [5, 5.41) is 11.0. The largest absolute Gasteiger partial charge is 0.479 e. The van der Waals surface area contributed by atoms with Gasteiger partial charge in [-0.2, -0.15) is 0 Å². The second-order valence-corrected chi connectivity index (χ2v) is 5.37. The van der Waals surface area contributed by atoms with Crippen LogP contribution >= 0.6 is 31.9 Å². The van der Waals surface area contributed by atoms with Crippen LogP contribution in [0.25, 0.3) is 0 Å². The van der Waals surface area contributed by atoms with Crippen molar-refractivity contribution < 1.29 is 19.4 Å². The number of nitrogens with two attached hydrogens (primary N) is 1. The minimum Gasteiger partial charge on any atom is -0.479 e. The van der Waals surface area contributed by atoms with E-state index < -0.39 is 18.0 Å². The summed E-state index contributed by atoms with van der Waals surface area (Å²) in [5.74, 6) is -0.248. The Kier molecular flexibility index (Phi) is 5.77. The SMILES string of the molecule is CC(Oc1c(Br)cc(CO)cc1Br)C(=O)NC(N)=O. The van der Waals surface area contributed by atoms with Gasteiger partial charge in [-0.15, -0.1) is 0 Å². The maximum Gasteiger partial charge on any atom is 0.318 e. The summed E-state index contributed by atoms with van der Waals surface area (Å²) in [7, 11) is 0. The summed E-state index contributed by atoms with van der Waals surface area (Å²) in [6.07, 6.45) is -0.903. The summed E-state index contributed by atoms with van der Waals surface area (Å²) < 4.78 is 6.59. The lowest BCUT2D eigenvalue weighted by molar-refractivity contribution is -0.126. The summed E-state index contributed by atoms with van der Waals surface area (Å²) in [6, 6.07) is 2.40. The Hall–Kier alpha value is -1.12. The normalized spacial score (nSPS) is 11.8. The average molecular weight is 396 g/mol. The molecule has 1 aromatic rings. The predicted molar refractivity (Wildman–Crippen MR) is 75.6 cm³/mol. The number of amides is 3. The maximum absolute atomic E-state index is 11.5. The lowest BCUT2D eigenvalue weighted by atomic mass is 10.2. The fourth-order valence-electron chi connectivity index (χ4n) is 1.27. The summed E-state index contributed by atoms with van der Waals surface area (Å²) >= 11 is 6.56. The molecule has 0 radical (unpaired) electrons. The highest BCUT2D eigenvalue weighted by Crippen LogP contribution is 2.35. The van der Waals surface area contributed by atoms with Crippen LogP contribution in [0.5, 0.6) is 5.75 Å². The van der Waals surface area contributed by atoms with Crippen LogP contribution < -0.4 is 15.8 Å². The third-order valence-electron chi connectivity index (χ3n) is 2.15.